The van der Waals surface area contributed by atoms with Crippen molar-refractivity contribution in [1.82, 2.24) is 0 Å². The molecule has 0 aliphatic heterocycles. The molecule has 0 unspecified atom stereocenters. The van der Waals surface area contributed by atoms with Crippen LogP contribution in [0.25, 0.3) is 0 Å². The van der Waals surface area contributed by atoms with Gasteiger partial charge >= 0.3 is 0 Å². The van der Waals surface area contributed by atoms with E-state index in [1.54, 1.807) is 0 Å². The van der Waals surface area contributed by atoms with Gasteiger partial charge in [0, 0.05) is 0 Å². The summed E-state index contributed by atoms with van der Waals surface area (Å²) in [5.41, 5.74) is 1.21. The molecule has 0 saturated heterocycles. The number of hydrogen-bond donors (Lipinski definition) is 0. The molecule has 0 amide bonds. The van der Waals surface area contributed by atoms with E-state index in [2.05, 4.69) is 27.0 Å². The normalized spacial score (nSPS) is 34.0. The third-order valence-electron chi connectivity index (χ3n) is 4.02. The first-order chi connectivity index (χ1) is 5.52. The fourth-order valence-electron chi connectivity index (χ4n) is 2.35. The van der Waals surface area contributed by atoms with E-state index in [1.165, 1.54) is 31.4 Å². The Bertz CT molecular complexity index is 151. The molecular weight excluding hydrogens is 164 g/mol. The van der Waals surface area contributed by atoms with E-state index in [4.69, 9.17) is 0 Å². The summed E-state index contributed by atoms with van der Waals surface area (Å²) in [6.07, 6.45) is 7.93. The molecule has 0 heterocycles. The zero-order valence-electron chi connectivity index (χ0n) is 8.94. The standard InChI is InChI=1S/C11H22S/c1-10(2)6-5-7-11(10,3)8-9-12-4/h5-9H2,1-4H3/t11-/m0/s1. The van der Waals surface area contributed by atoms with Crippen molar-refractivity contribution in [3.63, 3.8) is 0 Å². The molecule has 0 aromatic rings. The van der Waals surface area contributed by atoms with Crippen LogP contribution >= 0.6 is 11.8 Å². The number of thioether (sulfide) groups is 1. The van der Waals surface area contributed by atoms with E-state index in [1.807, 2.05) is 11.8 Å². The predicted octanol–water partition coefficient (Wildman–Crippen LogP) is 3.96. The van der Waals surface area contributed by atoms with E-state index in [-0.39, 0.29) is 0 Å². The van der Waals surface area contributed by atoms with Crippen LogP contribution in [0.15, 0.2) is 0 Å². The lowest BCUT2D eigenvalue weighted by atomic mass is 9.68. The molecule has 0 N–H and O–H groups in total. The monoisotopic (exact) mass is 186 g/mol. The van der Waals surface area contributed by atoms with Gasteiger partial charge in [0.2, 0.25) is 0 Å². The summed E-state index contributed by atoms with van der Waals surface area (Å²) < 4.78 is 0. The van der Waals surface area contributed by atoms with Crippen LogP contribution in [0.5, 0.6) is 0 Å². The van der Waals surface area contributed by atoms with Crippen molar-refractivity contribution < 1.29 is 0 Å². The fraction of sp³-hybridized carbons (Fsp3) is 1.00. The van der Waals surface area contributed by atoms with Gasteiger partial charge in [-0.25, -0.2) is 0 Å². The first kappa shape index (κ1) is 10.4. The number of rotatable bonds is 3. The molecule has 1 aliphatic carbocycles. The largest absolute Gasteiger partial charge is 0.165 e. The van der Waals surface area contributed by atoms with Crippen molar-refractivity contribution >= 4 is 11.8 Å². The van der Waals surface area contributed by atoms with Crippen molar-refractivity contribution in [2.45, 2.75) is 46.5 Å². The molecule has 0 bridgehead atoms. The van der Waals surface area contributed by atoms with Crippen LogP contribution in [0.4, 0.5) is 0 Å². The summed E-state index contributed by atoms with van der Waals surface area (Å²) in [7, 11) is 0. The minimum atomic E-state index is 0.586. The fourth-order valence-corrected chi connectivity index (χ4v) is 3.01. The maximum atomic E-state index is 2.48. The van der Waals surface area contributed by atoms with E-state index in [0.29, 0.717) is 10.8 Å². The van der Waals surface area contributed by atoms with Gasteiger partial charge in [-0.2, -0.15) is 11.8 Å². The molecule has 1 fully saturated rings. The first-order valence-electron chi connectivity index (χ1n) is 5.01. The summed E-state index contributed by atoms with van der Waals surface area (Å²) in [4.78, 5) is 0. The topological polar surface area (TPSA) is 0 Å². The van der Waals surface area contributed by atoms with Crippen LogP contribution in [0.2, 0.25) is 0 Å². The molecule has 1 rings (SSSR count). The Hall–Kier alpha value is 0.350. The van der Waals surface area contributed by atoms with E-state index < -0.39 is 0 Å². The number of hydrogen-bond acceptors (Lipinski definition) is 1. The van der Waals surface area contributed by atoms with Crippen molar-refractivity contribution in [2.75, 3.05) is 12.0 Å². The molecule has 1 saturated carbocycles. The van der Waals surface area contributed by atoms with Gasteiger partial charge in [-0.1, -0.05) is 27.2 Å². The van der Waals surface area contributed by atoms with Crippen molar-refractivity contribution in [3.05, 3.63) is 0 Å². The van der Waals surface area contributed by atoms with Gasteiger partial charge in [0.1, 0.15) is 0 Å². The van der Waals surface area contributed by atoms with E-state index in [9.17, 15) is 0 Å². The quantitative estimate of drug-likeness (QED) is 0.643. The molecule has 0 spiro atoms. The third kappa shape index (κ3) is 1.81. The lowest BCUT2D eigenvalue weighted by Crippen LogP contribution is -2.30. The molecule has 0 radical (unpaired) electrons. The summed E-state index contributed by atoms with van der Waals surface area (Å²) in [5.74, 6) is 1.33. The van der Waals surface area contributed by atoms with Gasteiger partial charge < -0.3 is 0 Å². The van der Waals surface area contributed by atoms with Gasteiger partial charge in [0.25, 0.3) is 0 Å². The zero-order chi connectivity index (χ0) is 9.24. The molecule has 1 aliphatic rings. The second-order valence-electron chi connectivity index (χ2n) is 5.04. The Morgan fingerprint density at radius 1 is 1.17 bits per heavy atom. The van der Waals surface area contributed by atoms with Gasteiger partial charge in [-0.3, -0.25) is 0 Å². The maximum absolute atomic E-state index is 2.48. The van der Waals surface area contributed by atoms with E-state index in [0.717, 1.165) is 0 Å². The Balaban J connectivity index is 2.56. The summed E-state index contributed by atoms with van der Waals surface area (Å²) >= 11 is 1.99. The Morgan fingerprint density at radius 3 is 2.25 bits per heavy atom. The summed E-state index contributed by atoms with van der Waals surface area (Å²) in [6, 6.07) is 0. The highest BCUT2D eigenvalue weighted by Crippen LogP contribution is 2.54. The highest BCUT2D eigenvalue weighted by Gasteiger charge is 2.43. The molecule has 72 valence electrons. The van der Waals surface area contributed by atoms with Crippen LogP contribution in [0, 0.1) is 10.8 Å². The molecule has 1 heteroatoms. The van der Waals surface area contributed by atoms with Crippen molar-refractivity contribution in [3.8, 4) is 0 Å². The molecular formula is C11H22S. The average Bonchev–Trinajstić information content (AvgIpc) is 2.24. The van der Waals surface area contributed by atoms with Crippen LogP contribution in [0.1, 0.15) is 46.5 Å². The van der Waals surface area contributed by atoms with Gasteiger partial charge in [-0.15, -0.1) is 0 Å². The Morgan fingerprint density at radius 2 is 1.83 bits per heavy atom. The summed E-state index contributed by atoms with van der Waals surface area (Å²) in [6.45, 7) is 7.37. The lowest BCUT2D eigenvalue weighted by Gasteiger charge is -2.38. The smallest absolute Gasteiger partial charge is 0.00649 e. The second-order valence-corrected chi connectivity index (χ2v) is 6.03. The molecule has 12 heavy (non-hydrogen) atoms. The molecule has 0 nitrogen and oxygen atoms in total. The van der Waals surface area contributed by atoms with Crippen LogP contribution < -0.4 is 0 Å². The lowest BCUT2D eigenvalue weighted by molar-refractivity contribution is 0.128. The predicted molar refractivity (Wildman–Crippen MR) is 58.7 cm³/mol. The van der Waals surface area contributed by atoms with Gasteiger partial charge in [0.05, 0.1) is 0 Å². The highest BCUT2D eigenvalue weighted by molar-refractivity contribution is 7.98. The SMILES string of the molecule is CSCC[C@]1(C)CCCC1(C)C. The van der Waals surface area contributed by atoms with E-state index >= 15 is 0 Å². The summed E-state index contributed by atoms with van der Waals surface area (Å²) in [5, 5.41) is 0. The molecule has 0 aromatic carbocycles. The third-order valence-corrected chi connectivity index (χ3v) is 4.63. The Kier molecular flexibility index (Phi) is 3.14. The minimum Gasteiger partial charge on any atom is -0.165 e. The van der Waals surface area contributed by atoms with Crippen LogP contribution in [-0.2, 0) is 0 Å². The van der Waals surface area contributed by atoms with Gasteiger partial charge in [-0.05, 0) is 42.1 Å². The van der Waals surface area contributed by atoms with Gasteiger partial charge in [0.15, 0.2) is 0 Å². The average molecular weight is 186 g/mol. The van der Waals surface area contributed by atoms with Crippen molar-refractivity contribution in [2.24, 2.45) is 10.8 Å². The van der Waals surface area contributed by atoms with Crippen molar-refractivity contribution in [1.29, 1.82) is 0 Å². The van der Waals surface area contributed by atoms with Crippen LogP contribution in [-0.4, -0.2) is 12.0 Å². The highest BCUT2D eigenvalue weighted by atomic mass is 32.2. The first-order valence-corrected chi connectivity index (χ1v) is 6.40. The maximum Gasteiger partial charge on any atom is -0.00649 e. The zero-order valence-corrected chi connectivity index (χ0v) is 9.76. The Labute approximate surface area is 81.5 Å². The van der Waals surface area contributed by atoms with Crippen LogP contribution in [0.3, 0.4) is 0 Å². The molecule has 0 aromatic heterocycles. The minimum absolute atomic E-state index is 0.586. The second kappa shape index (κ2) is 3.61. The molecule has 1 atom stereocenters.